The standard InChI is InChI=1S/C16H16N4O/c1-11(2)13(12-7-4-3-5-8-12)16-19-15(20-21-16)14-17-9-6-10-18-14/h3-11,13H,1-2H3. The Morgan fingerprint density at radius 3 is 2.29 bits per heavy atom. The van der Waals surface area contributed by atoms with Gasteiger partial charge in [0.15, 0.2) is 0 Å². The molecule has 106 valence electrons. The second kappa shape index (κ2) is 5.83. The van der Waals surface area contributed by atoms with Crippen molar-refractivity contribution >= 4 is 0 Å². The fraction of sp³-hybridized carbons (Fsp3) is 0.250. The molecule has 2 heterocycles. The maximum absolute atomic E-state index is 5.46. The van der Waals surface area contributed by atoms with E-state index in [4.69, 9.17) is 4.52 Å². The van der Waals surface area contributed by atoms with Crippen molar-refractivity contribution in [1.29, 1.82) is 0 Å². The summed E-state index contributed by atoms with van der Waals surface area (Å²) < 4.78 is 5.46. The van der Waals surface area contributed by atoms with Crippen molar-refractivity contribution in [3.05, 3.63) is 60.2 Å². The molecule has 1 atom stereocenters. The summed E-state index contributed by atoms with van der Waals surface area (Å²) in [5, 5.41) is 4.00. The third-order valence-electron chi connectivity index (χ3n) is 3.30. The molecule has 0 aliphatic carbocycles. The van der Waals surface area contributed by atoms with Crippen LogP contribution in [0.15, 0.2) is 53.3 Å². The highest BCUT2D eigenvalue weighted by Gasteiger charge is 2.25. The van der Waals surface area contributed by atoms with Crippen LogP contribution >= 0.6 is 0 Å². The van der Waals surface area contributed by atoms with E-state index in [2.05, 4.69) is 46.1 Å². The summed E-state index contributed by atoms with van der Waals surface area (Å²) in [4.78, 5) is 12.8. The fourth-order valence-corrected chi connectivity index (χ4v) is 2.34. The van der Waals surface area contributed by atoms with Gasteiger partial charge in [-0.1, -0.05) is 49.3 Å². The van der Waals surface area contributed by atoms with Crippen LogP contribution in [0.1, 0.15) is 31.2 Å². The summed E-state index contributed by atoms with van der Waals surface area (Å²) in [6.07, 6.45) is 3.32. The maximum atomic E-state index is 5.46. The molecule has 3 aromatic rings. The molecule has 5 heteroatoms. The van der Waals surface area contributed by atoms with Gasteiger partial charge in [0.05, 0.1) is 5.92 Å². The molecule has 0 amide bonds. The van der Waals surface area contributed by atoms with Crippen molar-refractivity contribution in [2.75, 3.05) is 0 Å². The van der Waals surface area contributed by atoms with E-state index in [0.717, 1.165) is 5.56 Å². The molecule has 1 aromatic carbocycles. The minimum Gasteiger partial charge on any atom is -0.338 e. The Balaban J connectivity index is 1.97. The van der Waals surface area contributed by atoms with Crippen molar-refractivity contribution in [2.45, 2.75) is 19.8 Å². The van der Waals surface area contributed by atoms with Crippen molar-refractivity contribution in [3.63, 3.8) is 0 Å². The molecule has 0 aliphatic rings. The molecule has 0 spiro atoms. The highest BCUT2D eigenvalue weighted by Crippen LogP contribution is 2.31. The van der Waals surface area contributed by atoms with E-state index >= 15 is 0 Å². The van der Waals surface area contributed by atoms with Crippen LogP contribution in [-0.4, -0.2) is 20.1 Å². The minimum absolute atomic E-state index is 0.0659. The van der Waals surface area contributed by atoms with Crippen molar-refractivity contribution in [3.8, 4) is 11.6 Å². The monoisotopic (exact) mass is 280 g/mol. The van der Waals surface area contributed by atoms with Gasteiger partial charge in [-0.3, -0.25) is 0 Å². The summed E-state index contributed by atoms with van der Waals surface area (Å²) in [5.41, 5.74) is 1.16. The van der Waals surface area contributed by atoms with Gasteiger partial charge in [-0.05, 0) is 17.5 Å². The number of rotatable bonds is 4. The van der Waals surface area contributed by atoms with E-state index in [9.17, 15) is 0 Å². The molecule has 3 rings (SSSR count). The summed E-state index contributed by atoms with van der Waals surface area (Å²) in [6.45, 7) is 4.28. The highest BCUT2D eigenvalue weighted by atomic mass is 16.5. The summed E-state index contributed by atoms with van der Waals surface area (Å²) in [5.74, 6) is 1.91. The molecule has 0 fully saturated rings. The molecule has 0 N–H and O–H groups in total. The van der Waals surface area contributed by atoms with Crippen LogP contribution in [0.5, 0.6) is 0 Å². The van der Waals surface area contributed by atoms with Gasteiger partial charge in [-0.2, -0.15) is 4.98 Å². The number of hydrogen-bond donors (Lipinski definition) is 0. The van der Waals surface area contributed by atoms with Crippen LogP contribution in [0.4, 0.5) is 0 Å². The Morgan fingerprint density at radius 1 is 0.905 bits per heavy atom. The average Bonchev–Trinajstić information content (AvgIpc) is 2.98. The van der Waals surface area contributed by atoms with Crippen molar-refractivity contribution in [2.24, 2.45) is 5.92 Å². The predicted molar refractivity (Wildman–Crippen MR) is 78.4 cm³/mol. The lowest BCUT2D eigenvalue weighted by Gasteiger charge is -2.16. The molecule has 0 bridgehead atoms. The van der Waals surface area contributed by atoms with Gasteiger partial charge in [-0.25, -0.2) is 9.97 Å². The molecular formula is C16H16N4O. The zero-order valence-corrected chi connectivity index (χ0v) is 12.0. The van der Waals surface area contributed by atoms with Gasteiger partial charge in [0.25, 0.3) is 0 Å². The quantitative estimate of drug-likeness (QED) is 0.733. The fourth-order valence-electron chi connectivity index (χ4n) is 2.34. The lowest BCUT2D eigenvalue weighted by molar-refractivity contribution is 0.341. The SMILES string of the molecule is CC(C)C(c1ccccc1)c1nc(-c2ncccn2)no1. The normalized spacial score (nSPS) is 12.5. The first-order chi connectivity index (χ1) is 10.3. The van der Waals surface area contributed by atoms with Crippen LogP contribution in [0.25, 0.3) is 11.6 Å². The third kappa shape index (κ3) is 2.81. The average molecular weight is 280 g/mol. The molecular weight excluding hydrogens is 264 g/mol. The number of aromatic nitrogens is 4. The first kappa shape index (κ1) is 13.4. The Labute approximate surface area is 123 Å². The zero-order valence-electron chi connectivity index (χ0n) is 12.0. The molecule has 0 aliphatic heterocycles. The Morgan fingerprint density at radius 2 is 1.62 bits per heavy atom. The number of hydrogen-bond acceptors (Lipinski definition) is 5. The minimum atomic E-state index is 0.0659. The number of benzene rings is 1. The van der Waals surface area contributed by atoms with Crippen molar-refractivity contribution in [1.82, 2.24) is 20.1 Å². The largest absolute Gasteiger partial charge is 0.338 e. The molecule has 0 saturated heterocycles. The van der Waals surface area contributed by atoms with Gasteiger partial charge in [0, 0.05) is 12.4 Å². The van der Waals surface area contributed by atoms with E-state index in [1.165, 1.54) is 0 Å². The van der Waals surface area contributed by atoms with Gasteiger partial charge >= 0.3 is 0 Å². The molecule has 5 nitrogen and oxygen atoms in total. The van der Waals surface area contributed by atoms with Crippen LogP contribution in [0, 0.1) is 5.92 Å². The van der Waals surface area contributed by atoms with Crippen LogP contribution in [0.2, 0.25) is 0 Å². The first-order valence-corrected chi connectivity index (χ1v) is 6.91. The van der Waals surface area contributed by atoms with Gasteiger partial charge in [-0.15, -0.1) is 0 Å². The van der Waals surface area contributed by atoms with Crippen LogP contribution in [-0.2, 0) is 0 Å². The van der Waals surface area contributed by atoms with E-state index in [1.807, 2.05) is 18.2 Å². The molecule has 0 radical (unpaired) electrons. The van der Waals surface area contributed by atoms with Gasteiger partial charge in [0.2, 0.25) is 17.5 Å². The number of nitrogens with zero attached hydrogens (tertiary/aromatic N) is 4. The topological polar surface area (TPSA) is 64.7 Å². The zero-order chi connectivity index (χ0) is 14.7. The third-order valence-corrected chi connectivity index (χ3v) is 3.30. The smallest absolute Gasteiger partial charge is 0.240 e. The second-order valence-corrected chi connectivity index (χ2v) is 5.16. The first-order valence-electron chi connectivity index (χ1n) is 6.91. The van der Waals surface area contributed by atoms with Gasteiger partial charge < -0.3 is 4.52 Å². The summed E-state index contributed by atoms with van der Waals surface area (Å²) in [7, 11) is 0. The highest BCUT2D eigenvalue weighted by molar-refractivity contribution is 5.41. The molecule has 21 heavy (non-hydrogen) atoms. The lowest BCUT2D eigenvalue weighted by atomic mass is 9.88. The molecule has 0 saturated carbocycles. The van der Waals surface area contributed by atoms with E-state index in [-0.39, 0.29) is 5.92 Å². The predicted octanol–water partition coefficient (Wildman–Crippen LogP) is 3.31. The van der Waals surface area contributed by atoms with Crippen LogP contribution < -0.4 is 0 Å². The molecule has 2 aromatic heterocycles. The van der Waals surface area contributed by atoms with Crippen molar-refractivity contribution < 1.29 is 4.52 Å². The van der Waals surface area contributed by atoms with E-state index in [0.29, 0.717) is 23.5 Å². The van der Waals surface area contributed by atoms with Gasteiger partial charge in [0.1, 0.15) is 0 Å². The summed E-state index contributed by atoms with van der Waals surface area (Å²) >= 11 is 0. The summed E-state index contributed by atoms with van der Waals surface area (Å²) in [6, 6.07) is 11.9. The lowest BCUT2D eigenvalue weighted by Crippen LogP contribution is -2.09. The Bertz CT molecular complexity index is 695. The van der Waals surface area contributed by atoms with E-state index < -0.39 is 0 Å². The Hall–Kier alpha value is -2.56. The Kier molecular flexibility index (Phi) is 3.73. The molecule has 1 unspecified atom stereocenters. The maximum Gasteiger partial charge on any atom is 0.240 e. The van der Waals surface area contributed by atoms with Crippen LogP contribution in [0.3, 0.4) is 0 Å². The van der Waals surface area contributed by atoms with E-state index in [1.54, 1.807) is 18.5 Å². The second-order valence-electron chi connectivity index (χ2n) is 5.16.